The van der Waals surface area contributed by atoms with E-state index in [-0.39, 0.29) is 23.6 Å². The zero-order chi connectivity index (χ0) is 25.2. The van der Waals surface area contributed by atoms with Crippen LogP contribution in [-0.4, -0.2) is 34.6 Å². The maximum Gasteiger partial charge on any atom is 0.243 e. The van der Waals surface area contributed by atoms with E-state index in [2.05, 4.69) is 11.4 Å². The molecule has 0 spiro atoms. The fraction of sp³-hybridized carbons (Fsp3) is 0.310. The summed E-state index contributed by atoms with van der Waals surface area (Å²) in [5.41, 5.74) is 3.14. The average Bonchev–Trinajstić information content (AvgIpc) is 2.86. The maximum atomic E-state index is 13.7. The fourth-order valence-electron chi connectivity index (χ4n) is 3.76. The molecule has 0 bridgehead atoms. The molecule has 35 heavy (non-hydrogen) atoms. The third-order valence-electron chi connectivity index (χ3n) is 5.88. The van der Waals surface area contributed by atoms with Crippen molar-refractivity contribution in [2.75, 3.05) is 5.75 Å². The highest BCUT2D eigenvalue weighted by Gasteiger charge is 2.31. The smallest absolute Gasteiger partial charge is 0.243 e. The number of carbonyl (C=O) groups excluding carboxylic acids is 2. The van der Waals surface area contributed by atoms with Crippen LogP contribution in [0.1, 0.15) is 37.0 Å². The Kier molecular flexibility index (Phi) is 10.2. The number of rotatable bonds is 11. The highest BCUT2D eigenvalue weighted by Crippen LogP contribution is 2.23. The van der Waals surface area contributed by atoms with E-state index >= 15 is 0 Å². The Morgan fingerprint density at radius 2 is 1.66 bits per heavy atom. The van der Waals surface area contributed by atoms with Crippen molar-refractivity contribution in [2.24, 2.45) is 0 Å². The predicted octanol–water partition coefficient (Wildman–Crippen LogP) is 6.30. The lowest BCUT2D eigenvalue weighted by Gasteiger charge is -2.32. The molecule has 3 aromatic carbocycles. The van der Waals surface area contributed by atoms with Gasteiger partial charge in [0, 0.05) is 28.9 Å². The molecular weight excluding hydrogens is 476 g/mol. The van der Waals surface area contributed by atoms with Gasteiger partial charge in [0.25, 0.3) is 0 Å². The minimum Gasteiger partial charge on any atom is -0.352 e. The molecular formula is C29H33ClN2O2S. The molecule has 0 saturated heterocycles. The molecule has 2 amide bonds. The molecule has 2 atom stereocenters. The van der Waals surface area contributed by atoms with E-state index in [1.54, 1.807) is 4.90 Å². The van der Waals surface area contributed by atoms with E-state index in [1.807, 2.05) is 93.6 Å². The van der Waals surface area contributed by atoms with Crippen LogP contribution in [0, 0.1) is 6.92 Å². The molecule has 0 aliphatic rings. The van der Waals surface area contributed by atoms with Crippen LogP contribution in [0.3, 0.4) is 0 Å². The van der Waals surface area contributed by atoms with Crippen LogP contribution in [0.15, 0.2) is 83.8 Å². The average molecular weight is 509 g/mol. The first-order chi connectivity index (χ1) is 16.9. The maximum absolute atomic E-state index is 13.7. The van der Waals surface area contributed by atoms with E-state index < -0.39 is 6.04 Å². The minimum atomic E-state index is -0.620. The number of nitrogens with zero attached hydrogens (tertiary/aromatic N) is 1. The van der Waals surface area contributed by atoms with Crippen LogP contribution in [0.4, 0.5) is 0 Å². The van der Waals surface area contributed by atoms with Crippen LogP contribution in [0.5, 0.6) is 0 Å². The zero-order valence-electron chi connectivity index (χ0n) is 20.5. The second kappa shape index (κ2) is 13.4. The van der Waals surface area contributed by atoms with Crippen molar-refractivity contribution in [1.29, 1.82) is 0 Å². The number of carbonyl (C=O) groups is 2. The van der Waals surface area contributed by atoms with Crippen LogP contribution in [0.2, 0.25) is 5.02 Å². The number of hydrogen-bond donors (Lipinski definition) is 1. The largest absolute Gasteiger partial charge is 0.352 e. The molecule has 6 heteroatoms. The molecule has 3 aromatic rings. The number of aryl methyl sites for hydroxylation is 1. The van der Waals surface area contributed by atoms with Gasteiger partial charge in [-0.3, -0.25) is 9.59 Å². The van der Waals surface area contributed by atoms with Gasteiger partial charge < -0.3 is 10.2 Å². The molecule has 0 aliphatic heterocycles. The van der Waals surface area contributed by atoms with Crippen molar-refractivity contribution in [2.45, 2.75) is 57.1 Å². The van der Waals surface area contributed by atoms with Crippen molar-refractivity contribution in [1.82, 2.24) is 10.2 Å². The second-order valence-electron chi connectivity index (χ2n) is 8.78. The summed E-state index contributed by atoms with van der Waals surface area (Å²) < 4.78 is 0. The Balaban J connectivity index is 1.90. The lowest BCUT2D eigenvalue weighted by Crippen LogP contribution is -2.52. The zero-order valence-corrected chi connectivity index (χ0v) is 22.1. The molecule has 0 radical (unpaired) electrons. The minimum absolute atomic E-state index is 0.0279. The molecule has 0 saturated carbocycles. The van der Waals surface area contributed by atoms with Gasteiger partial charge in [-0.05, 0) is 55.7 Å². The predicted molar refractivity (Wildman–Crippen MR) is 146 cm³/mol. The Morgan fingerprint density at radius 3 is 2.31 bits per heavy atom. The first-order valence-corrected chi connectivity index (χ1v) is 13.3. The van der Waals surface area contributed by atoms with Crippen LogP contribution in [0.25, 0.3) is 0 Å². The van der Waals surface area contributed by atoms with Gasteiger partial charge in [0.1, 0.15) is 6.04 Å². The highest BCUT2D eigenvalue weighted by molar-refractivity contribution is 8.00. The number of thioether (sulfide) groups is 1. The summed E-state index contributed by atoms with van der Waals surface area (Å²) in [5, 5.41) is 3.77. The number of amides is 2. The molecule has 184 valence electrons. The molecule has 0 unspecified atom stereocenters. The SMILES string of the molecule is CC[C@@H](C)NC(=O)[C@H](Cc1ccccc1)N(Cc1cccc(C)c1)C(=O)CSc1ccc(Cl)cc1. The highest BCUT2D eigenvalue weighted by atomic mass is 35.5. The first kappa shape index (κ1) is 26.8. The first-order valence-electron chi connectivity index (χ1n) is 11.9. The topological polar surface area (TPSA) is 49.4 Å². The Labute approximate surface area is 218 Å². The molecule has 0 heterocycles. The standard InChI is InChI=1S/C29H33ClN2O2S/c1-4-22(3)31-29(34)27(18-23-10-6-5-7-11-23)32(19-24-12-8-9-21(2)17-24)28(33)20-35-26-15-13-25(30)14-16-26/h5-17,22,27H,4,18-20H2,1-3H3,(H,31,34)/t22-,27+/m1/s1. The van der Waals surface area contributed by atoms with Gasteiger partial charge in [-0.2, -0.15) is 0 Å². The van der Waals surface area contributed by atoms with Gasteiger partial charge in [0.15, 0.2) is 0 Å². The normalized spacial score (nSPS) is 12.6. The summed E-state index contributed by atoms with van der Waals surface area (Å²) in [4.78, 5) is 29.9. The molecule has 4 nitrogen and oxygen atoms in total. The van der Waals surface area contributed by atoms with Gasteiger partial charge in [0.05, 0.1) is 5.75 Å². The van der Waals surface area contributed by atoms with Crippen molar-refractivity contribution < 1.29 is 9.59 Å². The molecule has 0 aliphatic carbocycles. The van der Waals surface area contributed by atoms with Gasteiger partial charge in [-0.1, -0.05) is 78.7 Å². The molecule has 1 N–H and O–H groups in total. The monoisotopic (exact) mass is 508 g/mol. The summed E-state index contributed by atoms with van der Waals surface area (Å²) in [6.07, 6.45) is 1.27. The van der Waals surface area contributed by atoms with Crippen LogP contribution in [-0.2, 0) is 22.6 Å². The van der Waals surface area contributed by atoms with E-state index in [9.17, 15) is 9.59 Å². The quantitative estimate of drug-likeness (QED) is 0.309. The summed E-state index contributed by atoms with van der Waals surface area (Å²) in [6.45, 7) is 6.42. The molecule has 0 aromatic heterocycles. The van der Waals surface area contributed by atoms with Crippen molar-refractivity contribution in [3.63, 3.8) is 0 Å². The summed E-state index contributed by atoms with van der Waals surface area (Å²) in [7, 11) is 0. The molecule has 3 rings (SSSR count). The van der Waals surface area contributed by atoms with Crippen molar-refractivity contribution in [3.05, 3.63) is 101 Å². The Bertz CT molecular complexity index is 1110. The molecule has 0 fully saturated rings. The van der Waals surface area contributed by atoms with Crippen LogP contribution < -0.4 is 5.32 Å². The van der Waals surface area contributed by atoms with Gasteiger partial charge in [-0.25, -0.2) is 0 Å². The van der Waals surface area contributed by atoms with Gasteiger partial charge in [-0.15, -0.1) is 11.8 Å². The third-order valence-corrected chi connectivity index (χ3v) is 7.13. The second-order valence-corrected chi connectivity index (χ2v) is 10.3. The number of benzene rings is 3. The Morgan fingerprint density at radius 1 is 0.971 bits per heavy atom. The third kappa shape index (κ3) is 8.44. The van der Waals surface area contributed by atoms with Gasteiger partial charge in [0.2, 0.25) is 11.8 Å². The van der Waals surface area contributed by atoms with Gasteiger partial charge >= 0.3 is 0 Å². The van der Waals surface area contributed by atoms with E-state index in [4.69, 9.17) is 11.6 Å². The number of nitrogens with one attached hydrogen (secondary N) is 1. The number of hydrogen-bond acceptors (Lipinski definition) is 3. The van der Waals surface area contributed by atoms with Crippen molar-refractivity contribution in [3.8, 4) is 0 Å². The van der Waals surface area contributed by atoms with E-state index in [0.717, 1.165) is 28.0 Å². The fourth-order valence-corrected chi connectivity index (χ4v) is 4.67. The summed E-state index contributed by atoms with van der Waals surface area (Å²) >= 11 is 7.46. The lowest BCUT2D eigenvalue weighted by molar-refractivity contribution is -0.139. The summed E-state index contributed by atoms with van der Waals surface area (Å²) in [6, 6.07) is 24.8. The van der Waals surface area contributed by atoms with Crippen molar-refractivity contribution >= 4 is 35.2 Å². The summed E-state index contributed by atoms with van der Waals surface area (Å²) in [5.74, 6) is 0.0300. The van der Waals surface area contributed by atoms with E-state index in [1.165, 1.54) is 11.8 Å². The lowest BCUT2D eigenvalue weighted by atomic mass is 10.0. The van der Waals surface area contributed by atoms with E-state index in [0.29, 0.717) is 18.0 Å². The number of halogens is 1. The van der Waals surface area contributed by atoms with Crippen LogP contribution >= 0.6 is 23.4 Å². The Hall–Kier alpha value is -2.76.